The van der Waals surface area contributed by atoms with Gasteiger partial charge in [0.2, 0.25) is 5.88 Å². The first-order valence-corrected chi connectivity index (χ1v) is 21.1. The van der Waals surface area contributed by atoms with Crippen LogP contribution in [-0.2, 0) is 5.41 Å². The van der Waals surface area contributed by atoms with E-state index in [4.69, 9.17) is 9.40 Å². The number of aromatic nitrogens is 4. The highest BCUT2D eigenvalue weighted by molar-refractivity contribution is 6.10. The molecule has 62 heavy (non-hydrogen) atoms. The molecule has 0 atom stereocenters. The number of nitrogens with zero attached hydrogens (tertiary/aromatic N) is 5. The Bertz CT molecular complexity index is 3330. The van der Waals surface area contributed by atoms with Gasteiger partial charge in [-0.25, -0.2) is 4.98 Å². The average molecular weight is 803 g/mol. The second-order valence-electron chi connectivity index (χ2n) is 16.8. The lowest BCUT2D eigenvalue weighted by atomic mass is 9.88. The summed E-state index contributed by atoms with van der Waals surface area (Å²) < 4.78 is 13.2. The Kier molecular flexibility index (Phi) is 8.94. The van der Waals surface area contributed by atoms with Gasteiger partial charge in [0, 0.05) is 40.2 Å². The molecule has 0 fully saturated rings. The van der Waals surface area contributed by atoms with Gasteiger partial charge in [0.25, 0.3) is 6.33 Å². The monoisotopic (exact) mass is 802 g/mol. The molecule has 0 aliphatic rings. The van der Waals surface area contributed by atoms with Gasteiger partial charge >= 0.3 is 0 Å². The van der Waals surface area contributed by atoms with Crippen molar-refractivity contribution in [1.29, 1.82) is 0 Å². The smallest absolute Gasteiger partial charge is 0.255 e. The number of pyridine rings is 1. The SMILES string of the molecule is CC(C)(C)c1ccnc(-n2c3ccccc3c3ccc(N(c4cccc(-n5c[n+](-c6c(-c7ccccc7)cccc6-c6ccccc6)c6ccccc65)c4)c4ccco4)cc32)c1. The minimum atomic E-state index is -0.0253. The molecule has 0 bridgehead atoms. The second kappa shape index (κ2) is 14.9. The first-order chi connectivity index (χ1) is 30.4. The number of hydrogen-bond acceptors (Lipinski definition) is 3. The van der Waals surface area contributed by atoms with Crippen LogP contribution in [0, 0.1) is 0 Å². The summed E-state index contributed by atoms with van der Waals surface area (Å²) in [6.07, 6.45) is 5.90. The first-order valence-electron chi connectivity index (χ1n) is 21.1. The number of furan rings is 1. The van der Waals surface area contributed by atoms with Gasteiger partial charge in [-0.05, 0) is 82.8 Å². The molecule has 0 spiro atoms. The van der Waals surface area contributed by atoms with E-state index in [0.29, 0.717) is 5.88 Å². The fourth-order valence-electron chi connectivity index (χ4n) is 8.93. The molecule has 298 valence electrons. The number of benzene rings is 7. The van der Waals surface area contributed by atoms with Crippen molar-refractivity contribution in [2.75, 3.05) is 4.90 Å². The normalized spacial score (nSPS) is 11.8. The van der Waals surface area contributed by atoms with E-state index >= 15 is 0 Å². The van der Waals surface area contributed by atoms with Gasteiger partial charge in [0.05, 0.1) is 28.7 Å². The lowest BCUT2D eigenvalue weighted by Crippen LogP contribution is -2.30. The van der Waals surface area contributed by atoms with Crippen molar-refractivity contribution >= 4 is 50.1 Å². The van der Waals surface area contributed by atoms with E-state index in [1.165, 1.54) is 10.9 Å². The molecule has 0 saturated carbocycles. The van der Waals surface area contributed by atoms with Gasteiger partial charge in [-0.1, -0.05) is 142 Å². The Morgan fingerprint density at radius 2 is 1.21 bits per heavy atom. The van der Waals surface area contributed by atoms with E-state index in [1.807, 2.05) is 18.3 Å². The van der Waals surface area contributed by atoms with Crippen LogP contribution >= 0.6 is 0 Å². The Labute approximate surface area is 360 Å². The Morgan fingerprint density at radius 3 is 1.94 bits per heavy atom. The highest BCUT2D eigenvalue weighted by Crippen LogP contribution is 2.41. The number of para-hydroxylation sites is 4. The van der Waals surface area contributed by atoms with Gasteiger partial charge in [-0.3, -0.25) is 9.47 Å². The molecule has 11 aromatic rings. The topological polar surface area (TPSA) is 43.0 Å². The highest BCUT2D eigenvalue weighted by atomic mass is 16.3. The molecule has 11 rings (SSSR count). The summed E-state index contributed by atoms with van der Waals surface area (Å²) in [5, 5.41) is 2.34. The van der Waals surface area contributed by atoms with Crippen LogP contribution in [0.3, 0.4) is 0 Å². The quantitative estimate of drug-likeness (QED) is 0.144. The second-order valence-corrected chi connectivity index (χ2v) is 16.8. The molecule has 4 heterocycles. The zero-order valence-corrected chi connectivity index (χ0v) is 34.9. The van der Waals surface area contributed by atoms with Crippen LogP contribution in [0.4, 0.5) is 17.3 Å². The molecule has 0 N–H and O–H groups in total. The van der Waals surface area contributed by atoms with Gasteiger partial charge < -0.3 is 4.42 Å². The van der Waals surface area contributed by atoms with Crippen LogP contribution < -0.4 is 9.47 Å². The van der Waals surface area contributed by atoms with Crippen molar-refractivity contribution in [3.05, 3.63) is 218 Å². The number of rotatable bonds is 8. The molecule has 0 amide bonds. The third kappa shape index (κ3) is 6.36. The first kappa shape index (κ1) is 37.1. The largest absolute Gasteiger partial charge is 0.448 e. The van der Waals surface area contributed by atoms with E-state index in [0.717, 1.165) is 78.3 Å². The lowest BCUT2D eigenvalue weighted by molar-refractivity contribution is -0.566. The number of imidazole rings is 1. The maximum absolute atomic E-state index is 6.23. The maximum Gasteiger partial charge on any atom is 0.255 e. The van der Waals surface area contributed by atoms with Crippen LogP contribution in [0.2, 0.25) is 0 Å². The third-order valence-corrected chi connectivity index (χ3v) is 11.9. The van der Waals surface area contributed by atoms with Crippen molar-refractivity contribution in [3.63, 3.8) is 0 Å². The number of anilines is 3. The van der Waals surface area contributed by atoms with Gasteiger partial charge in [-0.2, -0.15) is 9.13 Å². The Hall–Kier alpha value is -7.96. The van der Waals surface area contributed by atoms with Crippen molar-refractivity contribution in [2.24, 2.45) is 0 Å². The highest BCUT2D eigenvalue weighted by Gasteiger charge is 2.26. The van der Waals surface area contributed by atoms with Crippen LogP contribution in [0.15, 0.2) is 217 Å². The summed E-state index contributed by atoms with van der Waals surface area (Å²) >= 11 is 0. The van der Waals surface area contributed by atoms with Crippen LogP contribution in [0.1, 0.15) is 26.3 Å². The summed E-state index contributed by atoms with van der Waals surface area (Å²) in [5.74, 6) is 1.61. The molecule has 0 radical (unpaired) electrons. The van der Waals surface area contributed by atoms with E-state index < -0.39 is 0 Å². The average Bonchev–Trinajstić information content (AvgIpc) is 4.06. The predicted octanol–water partition coefficient (Wildman–Crippen LogP) is 14.1. The van der Waals surface area contributed by atoms with E-state index in [-0.39, 0.29) is 5.41 Å². The zero-order chi connectivity index (χ0) is 41.8. The van der Waals surface area contributed by atoms with Crippen LogP contribution in [-0.4, -0.2) is 14.1 Å². The van der Waals surface area contributed by atoms with Crippen molar-refractivity contribution in [1.82, 2.24) is 14.1 Å². The molecule has 0 aliphatic heterocycles. The fraction of sp³-hybridized carbons (Fsp3) is 0.0714. The van der Waals surface area contributed by atoms with Crippen LogP contribution in [0.5, 0.6) is 0 Å². The molecule has 0 unspecified atom stereocenters. The van der Waals surface area contributed by atoms with E-state index in [1.54, 1.807) is 6.26 Å². The summed E-state index contributed by atoms with van der Waals surface area (Å²) in [6.45, 7) is 6.73. The van der Waals surface area contributed by atoms with Crippen molar-refractivity contribution in [3.8, 4) is 39.4 Å². The van der Waals surface area contributed by atoms with Gasteiger partial charge in [0.1, 0.15) is 17.2 Å². The number of fused-ring (bicyclic) bond motifs is 4. The Morgan fingerprint density at radius 1 is 0.548 bits per heavy atom. The molecular weight excluding hydrogens is 759 g/mol. The Balaban J connectivity index is 1.09. The number of hydrogen-bond donors (Lipinski definition) is 0. The van der Waals surface area contributed by atoms with Crippen molar-refractivity contribution in [2.45, 2.75) is 26.2 Å². The zero-order valence-electron chi connectivity index (χ0n) is 34.9. The molecule has 4 aromatic heterocycles. The van der Waals surface area contributed by atoms with Gasteiger partial charge in [-0.15, -0.1) is 0 Å². The molecule has 6 heteroatoms. The van der Waals surface area contributed by atoms with E-state index in [9.17, 15) is 0 Å². The minimum Gasteiger partial charge on any atom is -0.448 e. The predicted molar refractivity (Wildman–Crippen MR) is 253 cm³/mol. The minimum absolute atomic E-state index is 0.0253. The summed E-state index contributed by atoms with van der Waals surface area (Å²) in [7, 11) is 0. The molecular formula is C56H44N5O+. The standard InChI is InChI=1S/C56H44N5O/c1-56(2,3)41-32-33-57-53(35-41)61-49-26-11-10-23-47(49)48-31-30-44(37-52(48)61)60(54-29-16-34-62-54)43-22-14-21-42(36-43)58-38-59(51-28-13-12-27-50(51)58)55-45(39-17-6-4-7-18-39)24-15-25-46(55)40-19-8-5-9-20-40/h4-38H,1-3H3/q+1. The van der Waals surface area contributed by atoms with Gasteiger partial charge in [0.15, 0.2) is 11.0 Å². The molecule has 7 aromatic carbocycles. The van der Waals surface area contributed by atoms with E-state index in [2.05, 4.69) is 228 Å². The molecule has 0 saturated heterocycles. The summed E-state index contributed by atoms with van der Waals surface area (Å²) in [4.78, 5) is 7.14. The molecule has 6 nitrogen and oxygen atoms in total. The third-order valence-electron chi connectivity index (χ3n) is 11.9. The molecule has 0 aliphatic carbocycles. The van der Waals surface area contributed by atoms with Crippen LogP contribution in [0.25, 0.3) is 72.3 Å². The summed E-state index contributed by atoms with van der Waals surface area (Å²) in [6, 6.07) is 68.9. The lowest BCUT2D eigenvalue weighted by Gasteiger charge is -2.23. The fourth-order valence-corrected chi connectivity index (χ4v) is 8.93. The summed E-state index contributed by atoms with van der Waals surface area (Å²) in [5.41, 5.74) is 14.3. The van der Waals surface area contributed by atoms with Crippen molar-refractivity contribution < 1.29 is 8.98 Å². The maximum atomic E-state index is 6.23.